The Balaban J connectivity index is 2.04. The van der Waals surface area contributed by atoms with E-state index in [1.54, 1.807) is 0 Å². The highest BCUT2D eigenvalue weighted by Gasteiger charge is 2.20. The highest BCUT2D eigenvalue weighted by atomic mass is 32.2. The van der Waals surface area contributed by atoms with E-state index in [4.69, 9.17) is 0 Å². The van der Waals surface area contributed by atoms with Crippen LogP contribution in [-0.2, 0) is 9.84 Å². The fraction of sp³-hybridized carbons (Fsp3) is 1.00. The van der Waals surface area contributed by atoms with E-state index in [0.717, 1.165) is 24.9 Å². The van der Waals surface area contributed by atoms with E-state index < -0.39 is 9.84 Å². The first-order valence-corrected chi connectivity index (χ1v) is 9.05. The second kappa shape index (κ2) is 7.46. The Kier molecular flexibility index (Phi) is 6.60. The van der Waals surface area contributed by atoms with E-state index in [1.807, 2.05) is 0 Å². The van der Waals surface area contributed by atoms with Gasteiger partial charge in [0.25, 0.3) is 0 Å². The first-order chi connectivity index (χ1) is 8.38. The van der Waals surface area contributed by atoms with Gasteiger partial charge < -0.3 is 10.2 Å². The summed E-state index contributed by atoms with van der Waals surface area (Å²) in [4.78, 5) is 2.48. The third-order valence-corrected chi connectivity index (χ3v) is 4.78. The molecule has 0 amide bonds. The molecule has 1 aliphatic heterocycles. The first-order valence-electron chi connectivity index (χ1n) is 6.99. The molecule has 1 aliphatic rings. The van der Waals surface area contributed by atoms with Gasteiger partial charge in [-0.25, -0.2) is 8.42 Å². The van der Waals surface area contributed by atoms with Crippen molar-refractivity contribution in [3.63, 3.8) is 0 Å². The second-order valence-electron chi connectivity index (χ2n) is 5.80. The molecule has 0 bridgehead atoms. The highest BCUT2D eigenvalue weighted by Crippen LogP contribution is 2.23. The van der Waals surface area contributed by atoms with Crippen LogP contribution < -0.4 is 5.32 Å². The maximum atomic E-state index is 10.9. The van der Waals surface area contributed by atoms with Crippen molar-refractivity contribution in [2.45, 2.75) is 26.7 Å². The zero-order chi connectivity index (χ0) is 13.6. The molecule has 0 aromatic rings. The molecule has 1 rings (SSSR count). The SMILES string of the molecule is CC(C)C1CCN(CCNCCS(C)(=O)=O)CC1. The molecule has 0 unspecified atom stereocenters. The quantitative estimate of drug-likeness (QED) is 0.705. The van der Waals surface area contributed by atoms with Gasteiger partial charge in [0.1, 0.15) is 9.84 Å². The largest absolute Gasteiger partial charge is 0.314 e. The van der Waals surface area contributed by atoms with Crippen molar-refractivity contribution in [2.75, 3.05) is 44.7 Å². The van der Waals surface area contributed by atoms with Crippen LogP contribution in [0.1, 0.15) is 26.7 Å². The Bertz CT molecular complexity index is 320. The fourth-order valence-electron chi connectivity index (χ4n) is 2.46. The summed E-state index contributed by atoms with van der Waals surface area (Å²) in [6.07, 6.45) is 3.90. The molecule has 1 saturated heterocycles. The topological polar surface area (TPSA) is 49.4 Å². The number of nitrogens with one attached hydrogen (secondary N) is 1. The van der Waals surface area contributed by atoms with Crippen LogP contribution in [0.5, 0.6) is 0 Å². The summed E-state index contributed by atoms with van der Waals surface area (Å²) < 4.78 is 21.9. The van der Waals surface area contributed by atoms with Gasteiger partial charge in [0.05, 0.1) is 5.75 Å². The molecule has 1 fully saturated rings. The van der Waals surface area contributed by atoms with Crippen LogP contribution in [0.3, 0.4) is 0 Å². The van der Waals surface area contributed by atoms with E-state index in [2.05, 4.69) is 24.1 Å². The normalized spacial score (nSPS) is 19.6. The lowest BCUT2D eigenvalue weighted by atomic mass is 9.87. The van der Waals surface area contributed by atoms with Gasteiger partial charge in [0.15, 0.2) is 0 Å². The molecule has 0 saturated carbocycles. The number of likely N-dealkylation sites (tertiary alicyclic amines) is 1. The van der Waals surface area contributed by atoms with Gasteiger partial charge in [-0.15, -0.1) is 0 Å². The van der Waals surface area contributed by atoms with Crippen molar-refractivity contribution >= 4 is 9.84 Å². The number of hydrogen-bond donors (Lipinski definition) is 1. The summed E-state index contributed by atoms with van der Waals surface area (Å²) in [5, 5.41) is 3.20. The van der Waals surface area contributed by atoms with E-state index >= 15 is 0 Å². The zero-order valence-corrected chi connectivity index (χ0v) is 12.8. The number of sulfone groups is 1. The Morgan fingerprint density at radius 2 is 1.83 bits per heavy atom. The van der Waals surface area contributed by atoms with Crippen LogP contribution in [0, 0.1) is 11.8 Å². The first kappa shape index (κ1) is 15.9. The average Bonchev–Trinajstić information content (AvgIpc) is 2.27. The van der Waals surface area contributed by atoms with Crippen LogP contribution in [0.15, 0.2) is 0 Å². The number of rotatable bonds is 7. The third kappa shape index (κ3) is 6.71. The van der Waals surface area contributed by atoms with Gasteiger partial charge in [-0.3, -0.25) is 0 Å². The van der Waals surface area contributed by atoms with Gasteiger partial charge in [-0.2, -0.15) is 0 Å². The van der Waals surface area contributed by atoms with Crippen molar-refractivity contribution in [1.82, 2.24) is 10.2 Å². The van der Waals surface area contributed by atoms with Crippen LogP contribution in [-0.4, -0.2) is 58.1 Å². The van der Waals surface area contributed by atoms with Crippen molar-refractivity contribution in [3.8, 4) is 0 Å². The monoisotopic (exact) mass is 276 g/mol. The fourth-order valence-corrected chi connectivity index (χ4v) is 2.98. The second-order valence-corrected chi connectivity index (χ2v) is 8.06. The maximum absolute atomic E-state index is 10.9. The molecular weight excluding hydrogens is 248 g/mol. The summed E-state index contributed by atoms with van der Waals surface area (Å²) in [6.45, 7) is 9.51. The lowest BCUT2D eigenvalue weighted by Gasteiger charge is -2.33. The average molecular weight is 276 g/mol. The number of hydrogen-bond acceptors (Lipinski definition) is 4. The van der Waals surface area contributed by atoms with Crippen LogP contribution in [0.4, 0.5) is 0 Å². The minimum atomic E-state index is -2.82. The minimum absolute atomic E-state index is 0.239. The Morgan fingerprint density at radius 1 is 1.22 bits per heavy atom. The standard InChI is InChI=1S/C13H28N2O2S/c1-12(2)13-4-8-15(9-5-13)10-6-14-7-11-18(3,16)17/h12-14H,4-11H2,1-3H3. The molecule has 1 N–H and O–H groups in total. The predicted molar refractivity (Wildman–Crippen MR) is 76.6 cm³/mol. The summed E-state index contributed by atoms with van der Waals surface area (Å²) in [5.74, 6) is 1.93. The van der Waals surface area contributed by atoms with E-state index in [0.29, 0.717) is 6.54 Å². The summed E-state index contributed by atoms with van der Waals surface area (Å²) in [7, 11) is -2.82. The van der Waals surface area contributed by atoms with Gasteiger partial charge in [-0.1, -0.05) is 13.8 Å². The Labute approximate surface area is 112 Å². The molecule has 0 aliphatic carbocycles. The van der Waals surface area contributed by atoms with Crippen molar-refractivity contribution in [1.29, 1.82) is 0 Å². The smallest absolute Gasteiger partial charge is 0.148 e. The molecule has 0 spiro atoms. The molecule has 0 atom stereocenters. The molecule has 0 aromatic heterocycles. The van der Waals surface area contributed by atoms with Crippen LogP contribution in [0.25, 0.3) is 0 Å². The third-order valence-electron chi connectivity index (χ3n) is 3.83. The molecule has 4 nitrogen and oxygen atoms in total. The van der Waals surface area contributed by atoms with Gasteiger partial charge in [0.2, 0.25) is 0 Å². The van der Waals surface area contributed by atoms with Gasteiger partial charge in [-0.05, 0) is 37.8 Å². The summed E-state index contributed by atoms with van der Waals surface area (Å²) in [6, 6.07) is 0. The Morgan fingerprint density at radius 3 is 2.33 bits per heavy atom. The van der Waals surface area contributed by atoms with Crippen LogP contribution in [0.2, 0.25) is 0 Å². The molecular formula is C13H28N2O2S. The number of piperidine rings is 1. The van der Waals surface area contributed by atoms with Gasteiger partial charge in [0, 0.05) is 25.9 Å². The molecule has 0 aromatic carbocycles. The molecule has 5 heteroatoms. The lowest BCUT2D eigenvalue weighted by Crippen LogP contribution is -2.39. The van der Waals surface area contributed by atoms with Crippen molar-refractivity contribution in [2.24, 2.45) is 11.8 Å². The Hall–Kier alpha value is -0.130. The molecule has 1 heterocycles. The predicted octanol–water partition coefficient (Wildman–Crippen LogP) is 0.989. The zero-order valence-electron chi connectivity index (χ0n) is 12.0. The lowest BCUT2D eigenvalue weighted by molar-refractivity contribution is 0.159. The van der Waals surface area contributed by atoms with Crippen molar-refractivity contribution < 1.29 is 8.42 Å². The van der Waals surface area contributed by atoms with Gasteiger partial charge >= 0.3 is 0 Å². The maximum Gasteiger partial charge on any atom is 0.148 e. The van der Waals surface area contributed by atoms with E-state index in [9.17, 15) is 8.42 Å². The minimum Gasteiger partial charge on any atom is -0.314 e. The van der Waals surface area contributed by atoms with Crippen molar-refractivity contribution in [3.05, 3.63) is 0 Å². The molecule has 0 radical (unpaired) electrons. The summed E-state index contributed by atoms with van der Waals surface area (Å²) in [5.41, 5.74) is 0. The van der Waals surface area contributed by atoms with Crippen LogP contribution >= 0.6 is 0 Å². The van der Waals surface area contributed by atoms with E-state index in [1.165, 1.54) is 32.2 Å². The van der Waals surface area contributed by atoms with E-state index in [-0.39, 0.29) is 5.75 Å². The highest BCUT2D eigenvalue weighted by molar-refractivity contribution is 7.90. The number of nitrogens with zero attached hydrogens (tertiary/aromatic N) is 1. The molecule has 108 valence electrons. The summed E-state index contributed by atoms with van der Waals surface area (Å²) >= 11 is 0. The molecule has 18 heavy (non-hydrogen) atoms.